The van der Waals surface area contributed by atoms with Crippen LogP contribution < -0.4 is 0 Å². The van der Waals surface area contributed by atoms with Gasteiger partial charge in [-0.05, 0) is 12.8 Å². The summed E-state index contributed by atoms with van der Waals surface area (Å²) in [6.07, 6.45) is 40.3. The first-order valence-electron chi connectivity index (χ1n) is 18.1. The number of ether oxygens (including phenoxy) is 1. The van der Waals surface area contributed by atoms with E-state index in [1.807, 2.05) is 0 Å². The van der Waals surface area contributed by atoms with Crippen molar-refractivity contribution in [1.82, 2.24) is 0 Å². The van der Waals surface area contributed by atoms with Gasteiger partial charge in [-0.2, -0.15) is 0 Å². The van der Waals surface area contributed by atoms with Crippen molar-refractivity contribution in [3.05, 3.63) is 0 Å². The van der Waals surface area contributed by atoms with Crippen LogP contribution in [0, 0.1) is 0 Å². The van der Waals surface area contributed by atoms with E-state index in [9.17, 15) is 9.90 Å². The van der Waals surface area contributed by atoms with E-state index < -0.39 is 12.1 Å². The number of carboxylic acid groups (broad SMARTS) is 1. The number of carbonyl (C=O) groups is 1. The van der Waals surface area contributed by atoms with Crippen LogP contribution in [0.3, 0.4) is 0 Å². The molecule has 0 fully saturated rings. The molecule has 0 spiro atoms. The van der Waals surface area contributed by atoms with Crippen molar-refractivity contribution < 1.29 is 14.6 Å². The van der Waals surface area contributed by atoms with E-state index in [4.69, 9.17) is 4.74 Å². The Morgan fingerprint density at radius 2 is 0.700 bits per heavy atom. The van der Waals surface area contributed by atoms with Gasteiger partial charge in [0.2, 0.25) is 0 Å². The van der Waals surface area contributed by atoms with Gasteiger partial charge in [0.05, 0.1) is 0 Å². The molecule has 0 amide bonds. The first-order valence-corrected chi connectivity index (χ1v) is 18.1. The third-order valence-electron chi connectivity index (χ3n) is 8.41. The molecule has 238 valence electrons. The van der Waals surface area contributed by atoms with E-state index in [-0.39, 0.29) is 37.7 Å². The summed E-state index contributed by atoms with van der Waals surface area (Å²) in [5, 5.41) is 9.49. The number of hydrogen-bond acceptors (Lipinski definition) is 2. The van der Waals surface area contributed by atoms with E-state index in [2.05, 4.69) is 13.8 Å². The van der Waals surface area contributed by atoms with Crippen LogP contribution in [0.25, 0.3) is 0 Å². The molecule has 0 saturated heterocycles. The second-order valence-electron chi connectivity index (χ2n) is 12.4. The van der Waals surface area contributed by atoms with Crippen LogP contribution in [0.1, 0.15) is 213 Å². The summed E-state index contributed by atoms with van der Waals surface area (Å²) in [4.78, 5) is 11.5. The monoisotopic (exact) mass is 595 g/mol. The standard InChI is InChI=1S/C36H72O3.Ca.2H/c1-3-5-7-9-11-13-15-17-19-20-22-24-26-28-30-32-34-39-35(36(37)38)33-31-29-27-25-23-21-18-16-14-12-10-8-6-4-2;;;/h35H,3-34H2,1-2H3,(H,37,38);;;. The molecule has 1 unspecified atom stereocenters. The molecule has 0 aromatic rings. The van der Waals surface area contributed by atoms with Crippen LogP contribution in [0.15, 0.2) is 0 Å². The first-order chi connectivity index (χ1) is 19.2. The number of carboxylic acids is 1. The fourth-order valence-corrected chi connectivity index (χ4v) is 5.68. The van der Waals surface area contributed by atoms with Gasteiger partial charge in [-0.1, -0.05) is 200 Å². The van der Waals surface area contributed by atoms with Crippen molar-refractivity contribution >= 4 is 43.7 Å². The molecule has 40 heavy (non-hydrogen) atoms. The molecule has 0 aromatic carbocycles. The number of rotatable bonds is 34. The molecule has 0 rings (SSSR count). The van der Waals surface area contributed by atoms with Gasteiger partial charge in [0, 0.05) is 6.61 Å². The van der Waals surface area contributed by atoms with Gasteiger partial charge in [0.15, 0.2) is 6.10 Å². The van der Waals surface area contributed by atoms with E-state index in [1.165, 1.54) is 173 Å². The molecular formula is C36H74CaO3. The summed E-state index contributed by atoms with van der Waals surface area (Å²) in [6, 6.07) is 0. The van der Waals surface area contributed by atoms with Gasteiger partial charge in [-0.15, -0.1) is 0 Å². The van der Waals surface area contributed by atoms with Crippen LogP contribution in [0.4, 0.5) is 0 Å². The number of hydrogen-bond donors (Lipinski definition) is 1. The van der Waals surface area contributed by atoms with Crippen molar-refractivity contribution in [2.45, 2.75) is 219 Å². The zero-order valence-electron chi connectivity index (χ0n) is 27.0. The van der Waals surface area contributed by atoms with E-state index in [0.29, 0.717) is 13.0 Å². The molecule has 0 heterocycles. The Bertz CT molecular complexity index is 471. The predicted molar refractivity (Wildman–Crippen MR) is 180 cm³/mol. The normalized spacial score (nSPS) is 11.9. The zero-order chi connectivity index (χ0) is 28.5. The number of aliphatic carboxylic acids is 1. The second kappa shape index (κ2) is 37.7. The van der Waals surface area contributed by atoms with Crippen molar-refractivity contribution in [2.24, 2.45) is 0 Å². The van der Waals surface area contributed by atoms with Gasteiger partial charge >= 0.3 is 43.7 Å². The van der Waals surface area contributed by atoms with Crippen LogP contribution in [0.5, 0.6) is 0 Å². The van der Waals surface area contributed by atoms with E-state index in [0.717, 1.165) is 19.3 Å². The Morgan fingerprint density at radius 3 is 0.975 bits per heavy atom. The Balaban J connectivity index is 0. The van der Waals surface area contributed by atoms with E-state index in [1.54, 1.807) is 0 Å². The first kappa shape index (κ1) is 42.8. The Labute approximate surface area is 282 Å². The van der Waals surface area contributed by atoms with Crippen molar-refractivity contribution in [1.29, 1.82) is 0 Å². The van der Waals surface area contributed by atoms with Crippen LogP contribution in [-0.2, 0) is 9.53 Å². The summed E-state index contributed by atoms with van der Waals surface area (Å²) >= 11 is 0. The molecule has 0 bridgehead atoms. The molecule has 3 nitrogen and oxygen atoms in total. The molecule has 0 radical (unpaired) electrons. The second-order valence-corrected chi connectivity index (χ2v) is 12.4. The van der Waals surface area contributed by atoms with Gasteiger partial charge in [0.25, 0.3) is 0 Å². The summed E-state index contributed by atoms with van der Waals surface area (Å²) in [7, 11) is 0. The van der Waals surface area contributed by atoms with E-state index >= 15 is 0 Å². The summed E-state index contributed by atoms with van der Waals surface area (Å²) in [5.41, 5.74) is 0. The topological polar surface area (TPSA) is 46.5 Å². The van der Waals surface area contributed by atoms with Crippen molar-refractivity contribution in [2.75, 3.05) is 6.61 Å². The quantitative estimate of drug-likeness (QED) is 0.0595. The predicted octanol–water partition coefficient (Wildman–Crippen LogP) is 11.7. The Kier molecular flexibility index (Phi) is 40.4. The molecule has 0 aliphatic rings. The third kappa shape index (κ3) is 34.9. The molecule has 1 N–H and O–H groups in total. The van der Waals surface area contributed by atoms with Gasteiger partial charge in [0.1, 0.15) is 0 Å². The molecule has 0 aromatic heterocycles. The SMILES string of the molecule is CCCCCCCCCCCCCCCCCCOC(CCCCCCCCCCCCCCCC)C(=O)O.[CaH2]. The van der Waals surface area contributed by atoms with Crippen molar-refractivity contribution in [3.63, 3.8) is 0 Å². The summed E-state index contributed by atoms with van der Waals surface area (Å²) in [5.74, 6) is -0.777. The summed E-state index contributed by atoms with van der Waals surface area (Å²) in [6.45, 7) is 5.17. The minimum absolute atomic E-state index is 0. The van der Waals surface area contributed by atoms with Crippen molar-refractivity contribution in [3.8, 4) is 0 Å². The van der Waals surface area contributed by atoms with Crippen LogP contribution in [-0.4, -0.2) is 61.5 Å². The average molecular weight is 595 g/mol. The summed E-state index contributed by atoms with van der Waals surface area (Å²) < 4.78 is 5.74. The molecule has 0 saturated carbocycles. The zero-order valence-corrected chi connectivity index (χ0v) is 27.0. The maximum absolute atomic E-state index is 11.5. The minimum atomic E-state index is -0.777. The van der Waals surface area contributed by atoms with Gasteiger partial charge in [-0.3, -0.25) is 0 Å². The van der Waals surface area contributed by atoms with Gasteiger partial charge < -0.3 is 9.84 Å². The third-order valence-corrected chi connectivity index (χ3v) is 8.41. The maximum atomic E-state index is 11.5. The fraction of sp³-hybridized carbons (Fsp3) is 0.972. The average Bonchev–Trinajstić information content (AvgIpc) is 2.93. The van der Waals surface area contributed by atoms with Gasteiger partial charge in [-0.25, -0.2) is 4.79 Å². The Hall–Kier alpha value is 0.690. The molecule has 1 atom stereocenters. The molecular weight excluding hydrogens is 520 g/mol. The Morgan fingerprint density at radius 1 is 0.450 bits per heavy atom. The molecule has 0 aliphatic heterocycles. The molecule has 0 aliphatic carbocycles. The van der Waals surface area contributed by atoms with Crippen LogP contribution >= 0.6 is 0 Å². The molecule has 4 heteroatoms. The number of unbranched alkanes of at least 4 members (excludes halogenated alkanes) is 28. The van der Waals surface area contributed by atoms with Crippen LogP contribution in [0.2, 0.25) is 0 Å². The fourth-order valence-electron chi connectivity index (χ4n) is 5.68.